The maximum atomic E-state index is 13.2. The Hall–Kier alpha value is -4.23. The van der Waals surface area contributed by atoms with Gasteiger partial charge < -0.3 is 32.8 Å². The molecule has 1 fully saturated rings. The average molecular weight is 647 g/mol. The van der Waals surface area contributed by atoms with Crippen molar-refractivity contribution in [3.05, 3.63) is 63.4 Å². The van der Waals surface area contributed by atoms with Crippen LogP contribution in [-0.2, 0) is 42.9 Å². The van der Waals surface area contributed by atoms with E-state index < -0.39 is 61.2 Å². The van der Waals surface area contributed by atoms with E-state index in [1.54, 1.807) is 12.1 Å². The van der Waals surface area contributed by atoms with Crippen molar-refractivity contribution < 1.29 is 52.0 Å². The lowest BCUT2D eigenvalue weighted by atomic mass is 9.98. The van der Waals surface area contributed by atoms with Crippen molar-refractivity contribution in [2.45, 2.75) is 58.4 Å². The molecule has 42 heavy (non-hydrogen) atoms. The van der Waals surface area contributed by atoms with Crippen molar-refractivity contribution in [3.8, 4) is 16.9 Å². The van der Waals surface area contributed by atoms with Gasteiger partial charge in [-0.3, -0.25) is 24.0 Å². The Morgan fingerprint density at radius 2 is 1.43 bits per heavy atom. The second-order valence-electron chi connectivity index (χ2n) is 9.33. The van der Waals surface area contributed by atoms with Gasteiger partial charge in [-0.05, 0) is 29.8 Å². The summed E-state index contributed by atoms with van der Waals surface area (Å²) in [5, 5.41) is 0.282. The van der Waals surface area contributed by atoms with Crippen LogP contribution in [0, 0.1) is 0 Å². The first-order chi connectivity index (χ1) is 19.9. The number of hydrogen-bond donors (Lipinski definition) is 0. The molecule has 2 heterocycles. The summed E-state index contributed by atoms with van der Waals surface area (Å²) in [5.74, 6) is -2.78. The number of hydrogen-bond acceptors (Lipinski definition) is 12. The van der Waals surface area contributed by atoms with E-state index in [9.17, 15) is 24.0 Å². The molecule has 1 aliphatic rings. The fourth-order valence-corrected chi connectivity index (χ4v) is 4.69. The smallest absolute Gasteiger partial charge is 0.303 e. The molecule has 4 rings (SSSR count). The first kappa shape index (κ1) is 30.7. The van der Waals surface area contributed by atoms with Gasteiger partial charge in [-0.2, -0.15) is 0 Å². The minimum Gasteiger partial charge on any atom is -0.463 e. The van der Waals surface area contributed by atoms with Gasteiger partial charge in [-0.15, -0.1) is 0 Å². The molecular formula is C29H27BrO12. The van der Waals surface area contributed by atoms with Crippen molar-refractivity contribution >= 4 is 50.8 Å². The first-order valence-corrected chi connectivity index (χ1v) is 13.5. The van der Waals surface area contributed by atoms with Crippen LogP contribution < -0.4 is 10.2 Å². The molecule has 2 aromatic carbocycles. The van der Waals surface area contributed by atoms with Crippen molar-refractivity contribution in [1.82, 2.24) is 0 Å². The Balaban J connectivity index is 1.70. The highest BCUT2D eigenvalue weighted by atomic mass is 79.9. The summed E-state index contributed by atoms with van der Waals surface area (Å²) in [5.41, 5.74) is 0.969. The summed E-state index contributed by atoms with van der Waals surface area (Å²) < 4.78 is 39.8. The van der Waals surface area contributed by atoms with Crippen molar-refractivity contribution in [1.29, 1.82) is 0 Å². The minimum absolute atomic E-state index is 0.142. The number of benzene rings is 2. The molecule has 13 heteroatoms. The first-order valence-electron chi connectivity index (χ1n) is 12.7. The lowest BCUT2D eigenvalue weighted by Crippen LogP contribution is -2.63. The van der Waals surface area contributed by atoms with E-state index in [1.165, 1.54) is 31.4 Å². The van der Waals surface area contributed by atoms with Crippen LogP contribution in [0.25, 0.3) is 22.1 Å². The van der Waals surface area contributed by atoms with Crippen LogP contribution in [0.15, 0.2) is 62.4 Å². The zero-order valence-corrected chi connectivity index (χ0v) is 24.6. The highest BCUT2D eigenvalue weighted by Gasteiger charge is 2.53. The molecule has 1 aliphatic heterocycles. The van der Waals surface area contributed by atoms with E-state index >= 15 is 0 Å². The molecular weight excluding hydrogens is 620 g/mol. The summed E-state index contributed by atoms with van der Waals surface area (Å²) >= 11 is 3.37. The number of esters is 4. The molecule has 5 atom stereocenters. The molecule has 3 aromatic rings. The Labute approximate surface area is 247 Å². The maximum absolute atomic E-state index is 13.2. The number of fused-ring (bicyclic) bond motifs is 1. The molecule has 222 valence electrons. The van der Waals surface area contributed by atoms with E-state index in [0.29, 0.717) is 11.1 Å². The highest BCUT2D eigenvalue weighted by molar-refractivity contribution is 9.10. The molecule has 12 nitrogen and oxygen atoms in total. The number of ether oxygens (including phenoxy) is 6. The van der Waals surface area contributed by atoms with Crippen LogP contribution >= 0.6 is 15.9 Å². The van der Waals surface area contributed by atoms with Gasteiger partial charge in [0.1, 0.15) is 30.3 Å². The molecule has 0 spiro atoms. The third kappa shape index (κ3) is 7.34. The zero-order chi connectivity index (χ0) is 30.6. The molecule has 0 bridgehead atoms. The molecule has 0 radical (unpaired) electrons. The summed E-state index contributed by atoms with van der Waals surface area (Å²) in [6, 6.07) is 11.6. The number of carbonyl (C=O) groups excluding carboxylic acids is 4. The Morgan fingerprint density at radius 3 is 2.05 bits per heavy atom. The monoisotopic (exact) mass is 646 g/mol. The lowest BCUT2D eigenvalue weighted by molar-refractivity contribution is -0.288. The molecule has 0 unspecified atom stereocenters. The standard InChI is InChI=1S/C29H27BrO12/c1-14(31)36-13-24-26(38-15(2)32)27(39-16(3)33)28(40-17(4)34)29(42-24)41-20-9-10-21-23(11-20)37-12-22(25(21)35)18-5-7-19(30)8-6-18/h5-12,24,26-29H,13H2,1-4H3/t24-,26-,27+,28-,29-/m0/s1. The van der Waals surface area contributed by atoms with Crippen LogP contribution in [0.4, 0.5) is 0 Å². The van der Waals surface area contributed by atoms with Crippen LogP contribution in [-0.4, -0.2) is 61.2 Å². The van der Waals surface area contributed by atoms with E-state index in [2.05, 4.69) is 15.9 Å². The summed E-state index contributed by atoms with van der Waals surface area (Å²) in [6.45, 7) is 4.15. The van der Waals surface area contributed by atoms with Gasteiger partial charge in [0, 0.05) is 38.2 Å². The number of carbonyl (C=O) groups is 4. The fourth-order valence-electron chi connectivity index (χ4n) is 4.43. The Morgan fingerprint density at radius 1 is 0.810 bits per heavy atom. The Bertz CT molecular complexity index is 1550. The minimum atomic E-state index is -1.43. The lowest BCUT2D eigenvalue weighted by Gasteiger charge is -2.43. The average Bonchev–Trinajstić information content (AvgIpc) is 2.91. The summed E-state index contributed by atoms with van der Waals surface area (Å²) in [4.78, 5) is 60.7. The van der Waals surface area contributed by atoms with Gasteiger partial charge >= 0.3 is 23.9 Å². The zero-order valence-electron chi connectivity index (χ0n) is 23.0. The van der Waals surface area contributed by atoms with Gasteiger partial charge in [0.25, 0.3) is 0 Å². The van der Waals surface area contributed by atoms with Gasteiger partial charge in [0.2, 0.25) is 12.4 Å². The van der Waals surface area contributed by atoms with Gasteiger partial charge in [-0.25, -0.2) is 0 Å². The summed E-state index contributed by atoms with van der Waals surface area (Å²) in [6.07, 6.45) is -5.39. The third-order valence-corrected chi connectivity index (χ3v) is 6.63. The van der Waals surface area contributed by atoms with Crippen molar-refractivity contribution in [2.24, 2.45) is 0 Å². The van der Waals surface area contributed by atoms with Crippen molar-refractivity contribution in [3.63, 3.8) is 0 Å². The number of rotatable bonds is 8. The quantitative estimate of drug-likeness (QED) is 0.259. The van der Waals surface area contributed by atoms with E-state index in [-0.39, 0.29) is 22.1 Å². The normalized spacial score (nSPS) is 21.7. The topological polar surface area (TPSA) is 154 Å². The summed E-state index contributed by atoms with van der Waals surface area (Å²) in [7, 11) is 0. The van der Waals surface area contributed by atoms with E-state index in [0.717, 1.165) is 25.2 Å². The van der Waals surface area contributed by atoms with Gasteiger partial charge in [0.15, 0.2) is 17.6 Å². The van der Waals surface area contributed by atoms with Gasteiger partial charge in [-0.1, -0.05) is 28.1 Å². The largest absolute Gasteiger partial charge is 0.463 e. The maximum Gasteiger partial charge on any atom is 0.303 e. The Kier molecular flexibility index (Phi) is 9.63. The SMILES string of the molecule is CC(=O)OC[C@@H]1O[C@H](Oc2ccc3c(=O)c(-c4ccc(Br)cc4)coc3c2)[C@@H](OC(C)=O)[C@H](OC(C)=O)[C@H]1OC(C)=O. The second-order valence-corrected chi connectivity index (χ2v) is 10.2. The molecule has 1 aromatic heterocycles. The predicted octanol–water partition coefficient (Wildman–Crippen LogP) is 3.68. The molecule has 0 amide bonds. The van der Waals surface area contributed by atoms with E-state index in [4.69, 9.17) is 32.8 Å². The van der Waals surface area contributed by atoms with Crippen LogP contribution in [0.2, 0.25) is 0 Å². The predicted molar refractivity (Wildman–Crippen MR) is 148 cm³/mol. The van der Waals surface area contributed by atoms with Gasteiger partial charge in [0.05, 0.1) is 10.9 Å². The van der Waals surface area contributed by atoms with Crippen molar-refractivity contribution in [2.75, 3.05) is 6.61 Å². The molecule has 0 aliphatic carbocycles. The number of halogens is 1. The molecule has 1 saturated heterocycles. The van der Waals surface area contributed by atoms with Crippen LogP contribution in [0.5, 0.6) is 5.75 Å². The fraction of sp³-hybridized carbons (Fsp3) is 0.345. The molecule has 0 saturated carbocycles. The molecule has 0 N–H and O–H groups in total. The van der Waals surface area contributed by atoms with Crippen LogP contribution in [0.1, 0.15) is 27.7 Å². The van der Waals surface area contributed by atoms with Crippen LogP contribution in [0.3, 0.4) is 0 Å². The highest BCUT2D eigenvalue weighted by Crippen LogP contribution is 2.32. The second kappa shape index (κ2) is 13.2. The van der Waals surface area contributed by atoms with E-state index in [1.807, 2.05) is 12.1 Å². The third-order valence-electron chi connectivity index (χ3n) is 6.10.